The van der Waals surface area contributed by atoms with Gasteiger partial charge in [0, 0.05) is 0 Å². The molecule has 0 nitrogen and oxygen atoms in total. The van der Waals surface area contributed by atoms with E-state index in [9.17, 15) is 0 Å². The summed E-state index contributed by atoms with van der Waals surface area (Å²) in [5.41, 5.74) is 9.50. The van der Waals surface area contributed by atoms with Crippen LogP contribution in [0.5, 0.6) is 0 Å². The zero-order chi connectivity index (χ0) is 23.5. The van der Waals surface area contributed by atoms with Crippen LogP contribution in [0.4, 0.5) is 0 Å². The highest BCUT2D eigenvalue weighted by Crippen LogP contribution is 2.41. The van der Waals surface area contributed by atoms with Crippen LogP contribution in [0.1, 0.15) is 121 Å². The first-order valence-electron chi connectivity index (χ1n) is 12.1. The van der Waals surface area contributed by atoms with Gasteiger partial charge in [0.25, 0.3) is 0 Å². The molecule has 1 unspecified atom stereocenters. The Hall–Kier alpha value is -0.950. The highest BCUT2D eigenvalue weighted by Gasteiger charge is 2.25. The van der Waals surface area contributed by atoms with E-state index in [1.807, 2.05) is 13.8 Å². The van der Waals surface area contributed by atoms with Crippen LogP contribution in [0, 0.1) is 18.3 Å². The van der Waals surface area contributed by atoms with Crippen molar-refractivity contribution in [3.63, 3.8) is 0 Å². The Kier molecular flexibility index (Phi) is 13.7. The van der Waals surface area contributed by atoms with Gasteiger partial charge in [-0.1, -0.05) is 85.3 Å². The molecule has 0 aromatic heterocycles. The Morgan fingerprint density at radius 2 is 1.67 bits per heavy atom. The van der Waals surface area contributed by atoms with Gasteiger partial charge in [-0.25, -0.2) is 0 Å². The smallest absolute Gasteiger partial charge is 0.0150 e. The molecule has 30 heavy (non-hydrogen) atoms. The van der Waals surface area contributed by atoms with Crippen LogP contribution in [-0.2, 0) is 6.42 Å². The second-order valence-electron chi connectivity index (χ2n) is 9.67. The van der Waals surface area contributed by atoms with Gasteiger partial charge in [-0.15, -0.1) is 0 Å². The van der Waals surface area contributed by atoms with Gasteiger partial charge in [-0.2, -0.15) is 12.6 Å². The van der Waals surface area contributed by atoms with Crippen molar-refractivity contribution >= 4 is 24.8 Å². The number of fused-ring (bicyclic) bond motifs is 1. The van der Waals surface area contributed by atoms with Gasteiger partial charge in [0.15, 0.2) is 0 Å². The minimum Gasteiger partial charge on any atom is -0.183 e. The van der Waals surface area contributed by atoms with Gasteiger partial charge in [-0.3, -0.25) is 0 Å². The van der Waals surface area contributed by atoms with Crippen molar-refractivity contribution in [2.45, 2.75) is 107 Å². The van der Waals surface area contributed by atoms with Crippen LogP contribution in [0.25, 0.3) is 12.2 Å². The van der Waals surface area contributed by atoms with E-state index in [0.29, 0.717) is 11.3 Å². The maximum atomic E-state index is 4.11. The first kappa shape index (κ1) is 29.1. The fraction of sp³-hybridized carbons (Fsp3) is 0.655. The van der Waals surface area contributed by atoms with Gasteiger partial charge in [0.05, 0.1) is 0 Å². The zero-order valence-corrected chi connectivity index (χ0v) is 22.7. The third kappa shape index (κ3) is 9.04. The molecule has 0 bridgehead atoms. The van der Waals surface area contributed by atoms with E-state index in [1.165, 1.54) is 55.2 Å². The molecule has 172 valence electrons. The highest BCUT2D eigenvalue weighted by molar-refractivity contribution is 7.79. The maximum Gasteiger partial charge on any atom is -0.0150 e. The second kappa shape index (κ2) is 14.2. The summed E-state index contributed by atoms with van der Waals surface area (Å²) in [5, 5.41) is 0. The molecule has 1 aromatic carbocycles. The van der Waals surface area contributed by atoms with Crippen molar-refractivity contribution in [3.05, 3.63) is 46.0 Å². The molecule has 1 atom stereocenters. The number of allylic oxidation sites excluding steroid dienone is 1. The Morgan fingerprint density at radius 1 is 1.13 bits per heavy atom. The number of benzene rings is 1. The summed E-state index contributed by atoms with van der Waals surface area (Å²) in [6, 6.07) is 2.43. The van der Waals surface area contributed by atoms with Crippen molar-refractivity contribution in [2.24, 2.45) is 11.3 Å². The topological polar surface area (TPSA) is 0 Å². The van der Waals surface area contributed by atoms with Crippen molar-refractivity contribution in [2.75, 3.05) is 6.26 Å². The molecule has 3 rings (SSSR count). The van der Waals surface area contributed by atoms with E-state index < -0.39 is 0 Å². The average molecular weight is 431 g/mol. The van der Waals surface area contributed by atoms with E-state index in [0.717, 1.165) is 5.92 Å². The van der Waals surface area contributed by atoms with Gasteiger partial charge in [0.2, 0.25) is 0 Å². The summed E-state index contributed by atoms with van der Waals surface area (Å²) in [5.74, 6) is 1.53. The molecular weight excluding hydrogens is 380 g/mol. The lowest BCUT2D eigenvalue weighted by atomic mass is 9.78. The van der Waals surface area contributed by atoms with Crippen LogP contribution in [0.2, 0.25) is 0 Å². The first-order chi connectivity index (χ1) is 14.2. The lowest BCUT2D eigenvalue weighted by Crippen LogP contribution is -2.11. The Labute approximate surface area is 195 Å². The number of rotatable bonds is 3. The summed E-state index contributed by atoms with van der Waals surface area (Å²) in [6.45, 7) is 24.0. The Balaban J connectivity index is 0.000000719. The second-order valence-corrected chi connectivity index (χ2v) is 9.67. The van der Waals surface area contributed by atoms with Gasteiger partial charge < -0.3 is 0 Å². The molecule has 1 saturated carbocycles. The fourth-order valence-corrected chi connectivity index (χ4v) is 3.77. The van der Waals surface area contributed by atoms with Crippen molar-refractivity contribution < 1.29 is 0 Å². The molecule has 0 heterocycles. The molecule has 0 aliphatic heterocycles. The third-order valence-corrected chi connectivity index (χ3v) is 6.18. The largest absolute Gasteiger partial charge is 0.183 e. The third-order valence-electron chi connectivity index (χ3n) is 6.18. The lowest BCUT2D eigenvalue weighted by Gasteiger charge is -2.27. The van der Waals surface area contributed by atoms with Gasteiger partial charge in [0.1, 0.15) is 0 Å². The molecule has 0 radical (unpaired) electrons. The molecular formula is C29H50S. The zero-order valence-electron chi connectivity index (χ0n) is 21.8. The first-order valence-corrected chi connectivity index (χ1v) is 13.0. The lowest BCUT2D eigenvalue weighted by molar-refractivity contribution is 0.398. The van der Waals surface area contributed by atoms with Gasteiger partial charge in [-0.05, 0) is 97.3 Å². The normalized spacial score (nSPS) is 17.8. The summed E-state index contributed by atoms with van der Waals surface area (Å²) in [6.07, 6.45) is 14.2. The molecule has 2 aliphatic rings. The SMILES string of the molecule is C=Cc1c(/C=C(\C)C2CC2)c(C)cc2c1C(C)CCC2.CC.CCC(C)(C)C.CS. The minimum absolute atomic E-state index is 0.542. The van der Waals surface area contributed by atoms with Gasteiger partial charge >= 0.3 is 0 Å². The predicted molar refractivity (Wildman–Crippen MR) is 145 cm³/mol. The quantitative estimate of drug-likeness (QED) is 0.453. The van der Waals surface area contributed by atoms with E-state index in [4.69, 9.17) is 0 Å². The van der Waals surface area contributed by atoms with Crippen molar-refractivity contribution in [1.82, 2.24) is 0 Å². The Bertz CT molecular complexity index is 669. The van der Waals surface area contributed by atoms with E-state index in [2.05, 4.69) is 85.9 Å². The summed E-state index contributed by atoms with van der Waals surface area (Å²) in [4.78, 5) is 0. The van der Waals surface area contributed by atoms with Crippen LogP contribution in [0.3, 0.4) is 0 Å². The molecule has 1 aromatic rings. The van der Waals surface area contributed by atoms with Crippen LogP contribution < -0.4 is 0 Å². The summed E-state index contributed by atoms with van der Waals surface area (Å²) >= 11 is 3.53. The number of thiol groups is 1. The standard InChI is InChI=1S/C20H26.C6H14.C2H6.CH4S/c1-5-18-19(12-14(3)16-9-10-16)15(4)11-17-8-6-7-13(2)20(17)18;1-5-6(2,3)4;2*1-2/h5,11-13,16H,1,6-10H2,2-4H3;5H2,1-4H3;1-2H3;2H,1H3/b14-12+;;;. The molecule has 1 heteroatoms. The van der Waals surface area contributed by atoms with Crippen LogP contribution >= 0.6 is 12.6 Å². The molecule has 1 fully saturated rings. The molecule has 0 N–H and O–H groups in total. The van der Waals surface area contributed by atoms with E-state index in [-0.39, 0.29) is 0 Å². The van der Waals surface area contributed by atoms with E-state index in [1.54, 1.807) is 23.0 Å². The number of hydrogen-bond donors (Lipinski definition) is 1. The predicted octanol–water partition coefficient (Wildman–Crippen LogP) is 9.91. The minimum atomic E-state index is 0.542. The fourth-order valence-electron chi connectivity index (χ4n) is 3.77. The van der Waals surface area contributed by atoms with Crippen molar-refractivity contribution in [1.29, 1.82) is 0 Å². The maximum absolute atomic E-state index is 4.11. The molecule has 0 saturated heterocycles. The van der Waals surface area contributed by atoms with Crippen LogP contribution in [0.15, 0.2) is 18.2 Å². The van der Waals surface area contributed by atoms with Crippen molar-refractivity contribution in [3.8, 4) is 0 Å². The molecule has 2 aliphatic carbocycles. The summed E-state index contributed by atoms with van der Waals surface area (Å²) in [7, 11) is 0. The molecule has 0 amide bonds. The monoisotopic (exact) mass is 430 g/mol. The molecule has 0 spiro atoms. The average Bonchev–Trinajstić information content (AvgIpc) is 3.57. The van der Waals surface area contributed by atoms with Crippen LogP contribution in [-0.4, -0.2) is 6.26 Å². The summed E-state index contributed by atoms with van der Waals surface area (Å²) < 4.78 is 0. The number of hydrogen-bond acceptors (Lipinski definition) is 1. The van der Waals surface area contributed by atoms with E-state index >= 15 is 0 Å². The highest BCUT2D eigenvalue weighted by atomic mass is 32.1. The number of aryl methyl sites for hydroxylation is 2. The Morgan fingerprint density at radius 3 is 2.10 bits per heavy atom.